The average Bonchev–Trinajstić information content (AvgIpc) is 3.28. The Morgan fingerprint density at radius 1 is 0.923 bits per heavy atom. The minimum absolute atomic E-state index is 0.659. The minimum Gasteiger partial charge on any atom is -0.321 e. The van der Waals surface area contributed by atoms with E-state index in [-0.39, 0.29) is 0 Å². The van der Waals surface area contributed by atoms with Crippen molar-refractivity contribution in [3.8, 4) is 11.3 Å². The summed E-state index contributed by atoms with van der Waals surface area (Å²) in [6, 6.07) is 10.1. The van der Waals surface area contributed by atoms with Crippen molar-refractivity contribution in [2.45, 2.75) is 0 Å². The van der Waals surface area contributed by atoms with E-state index < -0.39 is 0 Å². The van der Waals surface area contributed by atoms with Gasteiger partial charge in [-0.3, -0.25) is 9.08 Å². The van der Waals surface area contributed by atoms with E-state index in [0.29, 0.717) is 5.82 Å². The summed E-state index contributed by atoms with van der Waals surface area (Å²) in [5.74, 6) is 1.42. The van der Waals surface area contributed by atoms with E-state index in [9.17, 15) is 0 Å². The highest BCUT2D eigenvalue weighted by atomic mass is 15.2. The fourth-order valence-corrected chi connectivity index (χ4v) is 3.11. The first-order valence-corrected chi connectivity index (χ1v) is 8.21. The maximum absolute atomic E-state index is 4.55. The number of anilines is 2. The van der Waals surface area contributed by atoms with Crippen LogP contribution in [0.1, 0.15) is 0 Å². The summed E-state index contributed by atoms with van der Waals surface area (Å²) in [6.45, 7) is 0. The quantitative estimate of drug-likeness (QED) is 0.544. The third kappa shape index (κ3) is 2.29. The van der Waals surface area contributed by atoms with Crippen molar-refractivity contribution in [3.05, 3.63) is 67.5 Å². The summed E-state index contributed by atoms with van der Waals surface area (Å²) < 4.78 is 3.77. The molecule has 1 N–H and O–H groups in total. The number of rotatable bonds is 3. The molecule has 4 heterocycles. The third-order valence-corrected chi connectivity index (χ3v) is 4.34. The molecule has 126 valence electrons. The van der Waals surface area contributed by atoms with Crippen molar-refractivity contribution in [2.75, 3.05) is 5.32 Å². The molecule has 5 rings (SSSR count). The number of pyridine rings is 1. The number of hydrogen-bond donors (Lipinski definition) is 1. The molecule has 0 radical (unpaired) electrons. The Kier molecular flexibility index (Phi) is 3.18. The molecule has 0 aliphatic carbocycles. The predicted molar refractivity (Wildman–Crippen MR) is 100 cm³/mol. The molecule has 0 aliphatic rings. The lowest BCUT2D eigenvalue weighted by Crippen LogP contribution is -2.00. The van der Waals surface area contributed by atoms with Gasteiger partial charge in [0.25, 0.3) is 0 Å². The van der Waals surface area contributed by atoms with E-state index in [4.69, 9.17) is 0 Å². The SMILES string of the molecule is Cn1cc(-c2cnc3c(Nc4nccc5ccccc45)nccn23)cn1. The molecule has 7 heteroatoms. The molecule has 0 bridgehead atoms. The molecular weight excluding hydrogens is 326 g/mol. The normalized spacial score (nSPS) is 11.3. The first-order valence-electron chi connectivity index (χ1n) is 8.21. The molecular formula is C19H15N7. The Labute approximate surface area is 149 Å². The molecule has 0 spiro atoms. The van der Waals surface area contributed by atoms with E-state index >= 15 is 0 Å². The van der Waals surface area contributed by atoms with Crippen LogP contribution in [0.15, 0.2) is 67.5 Å². The van der Waals surface area contributed by atoms with Crippen LogP contribution in [0, 0.1) is 0 Å². The number of fused-ring (bicyclic) bond motifs is 2. The minimum atomic E-state index is 0.659. The van der Waals surface area contributed by atoms with Crippen LogP contribution in [-0.2, 0) is 7.05 Å². The van der Waals surface area contributed by atoms with Crippen molar-refractivity contribution in [1.29, 1.82) is 0 Å². The Morgan fingerprint density at radius 3 is 2.69 bits per heavy atom. The first-order chi connectivity index (χ1) is 12.8. The molecule has 0 saturated carbocycles. The predicted octanol–water partition coefficient (Wildman–Crippen LogP) is 3.42. The van der Waals surface area contributed by atoms with Crippen LogP contribution in [0.2, 0.25) is 0 Å². The largest absolute Gasteiger partial charge is 0.321 e. The summed E-state index contributed by atoms with van der Waals surface area (Å²) in [7, 11) is 1.90. The van der Waals surface area contributed by atoms with E-state index in [1.54, 1.807) is 17.1 Å². The van der Waals surface area contributed by atoms with E-state index in [1.807, 2.05) is 60.5 Å². The topological polar surface area (TPSA) is 72.9 Å². The number of nitrogens with one attached hydrogen (secondary N) is 1. The number of aryl methyl sites for hydroxylation is 1. The molecule has 26 heavy (non-hydrogen) atoms. The Bertz CT molecular complexity index is 1230. The Hall–Kier alpha value is -3.74. The maximum atomic E-state index is 4.55. The summed E-state index contributed by atoms with van der Waals surface area (Å²) in [4.78, 5) is 13.5. The molecule has 4 aromatic heterocycles. The number of aromatic nitrogens is 6. The Morgan fingerprint density at radius 2 is 1.81 bits per heavy atom. The van der Waals surface area contributed by atoms with Gasteiger partial charge in [-0.1, -0.05) is 24.3 Å². The second kappa shape index (κ2) is 5.66. The second-order valence-corrected chi connectivity index (χ2v) is 6.02. The lowest BCUT2D eigenvalue weighted by molar-refractivity contribution is 0.768. The van der Waals surface area contributed by atoms with E-state index in [2.05, 4.69) is 31.4 Å². The van der Waals surface area contributed by atoms with Gasteiger partial charge < -0.3 is 5.32 Å². The first kappa shape index (κ1) is 14.6. The van der Waals surface area contributed by atoms with Crippen molar-refractivity contribution in [2.24, 2.45) is 7.05 Å². The molecule has 0 unspecified atom stereocenters. The van der Waals surface area contributed by atoms with Gasteiger partial charge in [0.05, 0.1) is 18.1 Å². The molecule has 0 fully saturated rings. The summed E-state index contributed by atoms with van der Waals surface area (Å²) >= 11 is 0. The lowest BCUT2D eigenvalue weighted by atomic mass is 10.1. The molecule has 0 aliphatic heterocycles. The zero-order chi connectivity index (χ0) is 17.5. The van der Waals surface area contributed by atoms with E-state index in [1.165, 1.54) is 0 Å². The lowest BCUT2D eigenvalue weighted by Gasteiger charge is -2.09. The summed E-state index contributed by atoms with van der Waals surface area (Å²) in [6.07, 6.45) is 11.0. The second-order valence-electron chi connectivity index (χ2n) is 6.02. The molecule has 0 saturated heterocycles. The van der Waals surface area contributed by atoms with Gasteiger partial charge in [0.1, 0.15) is 5.82 Å². The fraction of sp³-hybridized carbons (Fsp3) is 0.0526. The maximum Gasteiger partial charge on any atom is 0.180 e. The van der Waals surface area contributed by atoms with Gasteiger partial charge in [0.2, 0.25) is 0 Å². The van der Waals surface area contributed by atoms with Crippen LogP contribution in [-0.4, -0.2) is 29.1 Å². The van der Waals surface area contributed by atoms with Crippen molar-refractivity contribution in [3.63, 3.8) is 0 Å². The molecule has 0 atom stereocenters. The van der Waals surface area contributed by atoms with Gasteiger partial charge in [0, 0.05) is 42.8 Å². The number of hydrogen-bond acceptors (Lipinski definition) is 5. The van der Waals surface area contributed by atoms with Crippen LogP contribution in [0.5, 0.6) is 0 Å². The average molecular weight is 341 g/mol. The zero-order valence-corrected chi connectivity index (χ0v) is 14.0. The van der Waals surface area contributed by atoms with Gasteiger partial charge >= 0.3 is 0 Å². The van der Waals surface area contributed by atoms with Crippen LogP contribution in [0.25, 0.3) is 27.7 Å². The third-order valence-electron chi connectivity index (χ3n) is 4.34. The van der Waals surface area contributed by atoms with Crippen LogP contribution < -0.4 is 5.32 Å². The fourth-order valence-electron chi connectivity index (χ4n) is 3.11. The zero-order valence-electron chi connectivity index (χ0n) is 14.0. The standard InChI is InChI=1S/C19H15N7/c1-25-12-14(10-23-25)16-11-22-19-18(21-8-9-26(16)19)24-17-15-5-3-2-4-13(15)6-7-20-17/h2-12H,1H3,(H,20,21,24). The van der Waals surface area contributed by atoms with Gasteiger partial charge in [-0.05, 0) is 11.5 Å². The van der Waals surface area contributed by atoms with Crippen LogP contribution in [0.3, 0.4) is 0 Å². The number of imidazole rings is 1. The molecule has 1 aromatic carbocycles. The highest BCUT2D eigenvalue weighted by Gasteiger charge is 2.12. The van der Waals surface area contributed by atoms with Crippen molar-refractivity contribution in [1.82, 2.24) is 29.1 Å². The van der Waals surface area contributed by atoms with Crippen LogP contribution >= 0.6 is 0 Å². The highest BCUT2D eigenvalue weighted by Crippen LogP contribution is 2.27. The van der Waals surface area contributed by atoms with Gasteiger partial charge in [-0.2, -0.15) is 5.10 Å². The van der Waals surface area contributed by atoms with Gasteiger partial charge in [0.15, 0.2) is 11.5 Å². The monoisotopic (exact) mass is 341 g/mol. The smallest absolute Gasteiger partial charge is 0.180 e. The van der Waals surface area contributed by atoms with Crippen molar-refractivity contribution >= 4 is 28.1 Å². The molecule has 7 nitrogen and oxygen atoms in total. The number of benzene rings is 1. The van der Waals surface area contributed by atoms with Crippen molar-refractivity contribution < 1.29 is 0 Å². The number of nitrogens with zero attached hydrogens (tertiary/aromatic N) is 6. The van der Waals surface area contributed by atoms with E-state index in [0.717, 1.165) is 33.5 Å². The molecule has 5 aromatic rings. The summed E-state index contributed by atoms with van der Waals surface area (Å²) in [5.41, 5.74) is 2.70. The van der Waals surface area contributed by atoms with Gasteiger partial charge in [-0.15, -0.1) is 0 Å². The Balaban J connectivity index is 1.62. The van der Waals surface area contributed by atoms with Gasteiger partial charge in [-0.25, -0.2) is 15.0 Å². The summed E-state index contributed by atoms with van der Waals surface area (Å²) in [5, 5.41) is 9.73. The highest BCUT2D eigenvalue weighted by molar-refractivity contribution is 5.93. The van der Waals surface area contributed by atoms with Crippen LogP contribution in [0.4, 0.5) is 11.6 Å². The molecule has 0 amide bonds.